The largest absolute Gasteiger partial charge is 0.0984 e. The maximum Gasteiger partial charge on any atom is 0.0225 e. The third-order valence-electron chi connectivity index (χ3n) is 2.66. The normalized spacial score (nSPS) is 10.5. The van der Waals surface area contributed by atoms with Crippen LogP contribution in [0.25, 0.3) is 16.8 Å². The molecule has 2 rings (SSSR count). The Morgan fingerprint density at radius 3 is 2.53 bits per heavy atom. The Kier molecular flexibility index (Phi) is 3.02. The fraction of sp³-hybridized carbons (Fsp3) is 0.143. The SMILES string of the molecule is C=Cc1cccc2c(CC[Si])cccc12. The first kappa shape index (κ1) is 10.2. The number of benzene rings is 2. The Morgan fingerprint density at radius 2 is 1.80 bits per heavy atom. The molecule has 0 atom stereocenters. The Bertz CT molecular complexity index is 486. The molecule has 0 amide bonds. The minimum atomic E-state index is 0.997. The van der Waals surface area contributed by atoms with Gasteiger partial charge in [0.1, 0.15) is 0 Å². The molecule has 0 saturated heterocycles. The van der Waals surface area contributed by atoms with Crippen molar-refractivity contribution in [1.82, 2.24) is 0 Å². The monoisotopic (exact) mass is 209 g/mol. The summed E-state index contributed by atoms with van der Waals surface area (Å²) in [7, 11) is 3.53. The molecule has 0 bridgehead atoms. The molecule has 0 N–H and O–H groups in total. The quantitative estimate of drug-likeness (QED) is 0.677. The average Bonchev–Trinajstić information content (AvgIpc) is 2.29. The second kappa shape index (κ2) is 4.45. The van der Waals surface area contributed by atoms with Crippen LogP contribution in [0.5, 0.6) is 0 Å². The van der Waals surface area contributed by atoms with Crippen molar-refractivity contribution >= 4 is 27.1 Å². The molecule has 1 heteroatoms. The van der Waals surface area contributed by atoms with E-state index in [9.17, 15) is 0 Å². The molecule has 0 spiro atoms. The summed E-state index contributed by atoms with van der Waals surface area (Å²) in [6, 6.07) is 13.8. The van der Waals surface area contributed by atoms with E-state index >= 15 is 0 Å². The lowest BCUT2D eigenvalue weighted by molar-refractivity contribution is 1.15. The van der Waals surface area contributed by atoms with Crippen LogP contribution in [0.4, 0.5) is 0 Å². The molecule has 0 heterocycles. The van der Waals surface area contributed by atoms with Crippen molar-refractivity contribution in [1.29, 1.82) is 0 Å². The molecule has 0 saturated carbocycles. The molecular formula is C14H13Si. The number of rotatable bonds is 3. The maximum absolute atomic E-state index is 3.85. The van der Waals surface area contributed by atoms with Crippen LogP contribution in [0.2, 0.25) is 6.04 Å². The topological polar surface area (TPSA) is 0 Å². The lowest BCUT2D eigenvalue weighted by Gasteiger charge is -2.07. The van der Waals surface area contributed by atoms with E-state index in [0.717, 1.165) is 12.5 Å². The van der Waals surface area contributed by atoms with Crippen LogP contribution in [-0.4, -0.2) is 10.2 Å². The first-order valence-corrected chi connectivity index (χ1v) is 5.85. The van der Waals surface area contributed by atoms with Crippen LogP contribution >= 0.6 is 0 Å². The number of fused-ring (bicyclic) bond motifs is 1. The maximum atomic E-state index is 3.85. The predicted octanol–water partition coefficient (Wildman–Crippen LogP) is 3.61. The minimum Gasteiger partial charge on any atom is -0.0984 e. The lowest BCUT2D eigenvalue weighted by atomic mass is 9.99. The summed E-state index contributed by atoms with van der Waals surface area (Å²) in [6.07, 6.45) is 2.98. The van der Waals surface area contributed by atoms with Crippen LogP contribution in [0.1, 0.15) is 11.1 Å². The number of hydrogen-bond acceptors (Lipinski definition) is 0. The van der Waals surface area contributed by atoms with Gasteiger partial charge in [-0.15, -0.1) is 0 Å². The summed E-state index contributed by atoms with van der Waals surface area (Å²) in [5.74, 6) is 0. The van der Waals surface area contributed by atoms with Gasteiger partial charge >= 0.3 is 0 Å². The van der Waals surface area contributed by atoms with Gasteiger partial charge in [0, 0.05) is 10.2 Å². The Balaban J connectivity index is 2.70. The molecule has 0 unspecified atom stereocenters. The van der Waals surface area contributed by atoms with Crippen molar-refractivity contribution in [2.75, 3.05) is 0 Å². The van der Waals surface area contributed by atoms with Gasteiger partial charge in [-0.1, -0.05) is 55.1 Å². The Morgan fingerprint density at radius 1 is 1.07 bits per heavy atom. The van der Waals surface area contributed by atoms with E-state index in [4.69, 9.17) is 0 Å². The van der Waals surface area contributed by atoms with E-state index in [1.165, 1.54) is 21.9 Å². The van der Waals surface area contributed by atoms with Gasteiger partial charge in [-0.3, -0.25) is 0 Å². The summed E-state index contributed by atoms with van der Waals surface area (Å²) in [4.78, 5) is 0. The first-order chi connectivity index (χ1) is 7.36. The van der Waals surface area contributed by atoms with Crippen LogP contribution in [0.15, 0.2) is 43.0 Å². The third kappa shape index (κ3) is 1.88. The summed E-state index contributed by atoms with van der Waals surface area (Å²) < 4.78 is 0. The highest BCUT2D eigenvalue weighted by atomic mass is 28.1. The van der Waals surface area contributed by atoms with Crippen LogP contribution < -0.4 is 0 Å². The van der Waals surface area contributed by atoms with Crippen molar-refractivity contribution in [3.8, 4) is 0 Å². The van der Waals surface area contributed by atoms with E-state index in [1.54, 1.807) is 0 Å². The smallest absolute Gasteiger partial charge is 0.0225 e. The molecule has 73 valence electrons. The van der Waals surface area contributed by atoms with E-state index in [1.807, 2.05) is 6.08 Å². The molecule has 0 aromatic heterocycles. The van der Waals surface area contributed by atoms with E-state index in [0.29, 0.717) is 0 Å². The number of hydrogen-bond donors (Lipinski definition) is 0. The van der Waals surface area contributed by atoms with Gasteiger partial charge in [-0.2, -0.15) is 0 Å². The number of aryl methyl sites for hydroxylation is 1. The fourth-order valence-electron chi connectivity index (χ4n) is 1.93. The molecule has 2 aromatic rings. The van der Waals surface area contributed by atoms with Gasteiger partial charge in [0.05, 0.1) is 0 Å². The summed E-state index contributed by atoms with van der Waals surface area (Å²) in [6.45, 7) is 3.85. The van der Waals surface area contributed by atoms with Gasteiger partial charge < -0.3 is 0 Å². The zero-order chi connectivity index (χ0) is 10.7. The van der Waals surface area contributed by atoms with Crippen LogP contribution in [-0.2, 0) is 6.42 Å². The van der Waals surface area contributed by atoms with Gasteiger partial charge in [-0.25, -0.2) is 0 Å². The third-order valence-corrected chi connectivity index (χ3v) is 2.91. The lowest BCUT2D eigenvalue weighted by Crippen LogP contribution is -1.87. The van der Waals surface area contributed by atoms with Crippen molar-refractivity contribution in [3.05, 3.63) is 54.1 Å². The molecule has 0 aliphatic carbocycles. The van der Waals surface area contributed by atoms with Crippen molar-refractivity contribution in [2.45, 2.75) is 12.5 Å². The Hall–Kier alpha value is -1.34. The molecule has 3 radical (unpaired) electrons. The van der Waals surface area contributed by atoms with Crippen molar-refractivity contribution in [2.24, 2.45) is 0 Å². The zero-order valence-corrected chi connectivity index (χ0v) is 9.66. The van der Waals surface area contributed by atoms with Crippen molar-refractivity contribution < 1.29 is 0 Å². The highest BCUT2D eigenvalue weighted by Gasteiger charge is 2.01. The summed E-state index contributed by atoms with van der Waals surface area (Å²) >= 11 is 0. The molecule has 0 aliphatic rings. The second-order valence-electron chi connectivity index (χ2n) is 3.56. The van der Waals surface area contributed by atoms with Crippen LogP contribution in [0.3, 0.4) is 0 Å². The minimum absolute atomic E-state index is 0.997. The highest BCUT2D eigenvalue weighted by molar-refractivity contribution is 6.08. The molecular weight excluding hydrogens is 196 g/mol. The first-order valence-electron chi connectivity index (χ1n) is 5.14. The van der Waals surface area contributed by atoms with Gasteiger partial charge in [0.2, 0.25) is 0 Å². The van der Waals surface area contributed by atoms with E-state index in [-0.39, 0.29) is 0 Å². The molecule has 0 fully saturated rings. The highest BCUT2D eigenvalue weighted by Crippen LogP contribution is 2.23. The molecule has 0 nitrogen and oxygen atoms in total. The zero-order valence-electron chi connectivity index (χ0n) is 8.66. The van der Waals surface area contributed by atoms with Crippen LogP contribution in [0, 0.1) is 0 Å². The molecule has 0 aliphatic heterocycles. The second-order valence-corrected chi connectivity index (χ2v) is 4.06. The molecule has 15 heavy (non-hydrogen) atoms. The standard InChI is InChI=1S/C14H13Si/c1-2-11-5-3-8-14-12(9-10-15)6-4-7-13(11)14/h2-8H,1,9-10H2. The molecule has 2 aromatic carbocycles. The average molecular weight is 209 g/mol. The summed E-state index contributed by atoms with van der Waals surface area (Å²) in [5, 5.41) is 2.64. The fourth-order valence-corrected chi connectivity index (χ4v) is 2.20. The van der Waals surface area contributed by atoms with Gasteiger partial charge in [-0.05, 0) is 28.3 Å². The Labute approximate surface area is 94.1 Å². The van der Waals surface area contributed by atoms with E-state index in [2.05, 4.69) is 53.2 Å². The van der Waals surface area contributed by atoms with Gasteiger partial charge in [0.15, 0.2) is 0 Å². The van der Waals surface area contributed by atoms with Gasteiger partial charge in [0.25, 0.3) is 0 Å². The van der Waals surface area contributed by atoms with E-state index < -0.39 is 0 Å². The van der Waals surface area contributed by atoms with Crippen molar-refractivity contribution in [3.63, 3.8) is 0 Å². The summed E-state index contributed by atoms with van der Waals surface area (Å²) in [5.41, 5.74) is 2.61. The predicted molar refractivity (Wildman–Crippen MR) is 68.3 cm³/mol.